The van der Waals surface area contributed by atoms with E-state index in [1.54, 1.807) is 0 Å². The van der Waals surface area contributed by atoms with Crippen LogP contribution in [0.3, 0.4) is 0 Å². The molecule has 1 saturated heterocycles. The molecule has 2 rings (SSSR count). The number of nitrogens with one attached hydrogen (secondary N) is 2. The first kappa shape index (κ1) is 15.8. The van der Waals surface area contributed by atoms with E-state index >= 15 is 0 Å². The maximum atomic E-state index is 11.6. The third kappa shape index (κ3) is 6.23. The van der Waals surface area contributed by atoms with Gasteiger partial charge in [-0.3, -0.25) is 4.79 Å². The van der Waals surface area contributed by atoms with Crippen LogP contribution in [0.2, 0.25) is 0 Å². The van der Waals surface area contributed by atoms with Gasteiger partial charge in [0.25, 0.3) is 0 Å². The van der Waals surface area contributed by atoms with Crippen molar-refractivity contribution in [2.24, 2.45) is 5.92 Å². The fourth-order valence-corrected chi connectivity index (χ4v) is 2.93. The number of carbonyl (C=O) groups is 1. The topological polar surface area (TPSA) is 44.4 Å². The molecule has 1 saturated carbocycles. The summed E-state index contributed by atoms with van der Waals surface area (Å²) in [6.07, 6.45) is 9.06. The van der Waals surface area contributed by atoms with Crippen LogP contribution in [0.1, 0.15) is 51.9 Å². The van der Waals surface area contributed by atoms with E-state index in [-0.39, 0.29) is 5.91 Å². The van der Waals surface area contributed by atoms with E-state index in [4.69, 9.17) is 0 Å². The molecule has 4 heteroatoms. The molecule has 1 amide bonds. The van der Waals surface area contributed by atoms with Gasteiger partial charge in [0.15, 0.2) is 0 Å². The van der Waals surface area contributed by atoms with Crippen LogP contribution >= 0.6 is 0 Å². The van der Waals surface area contributed by atoms with Crippen molar-refractivity contribution in [1.82, 2.24) is 15.5 Å². The van der Waals surface area contributed by atoms with E-state index in [1.807, 2.05) is 0 Å². The van der Waals surface area contributed by atoms with Gasteiger partial charge in [-0.1, -0.05) is 6.42 Å². The minimum absolute atomic E-state index is 0.150. The molecule has 1 unspecified atom stereocenters. The Morgan fingerprint density at radius 3 is 2.80 bits per heavy atom. The Morgan fingerprint density at radius 2 is 2.05 bits per heavy atom. The SMILES string of the molecule is CC1CCCCN1CCCCNC(=O)CNCC1CC1. The van der Waals surface area contributed by atoms with Gasteiger partial charge in [-0.05, 0) is 71.0 Å². The maximum Gasteiger partial charge on any atom is 0.233 e. The van der Waals surface area contributed by atoms with Crippen molar-refractivity contribution in [2.75, 3.05) is 32.7 Å². The van der Waals surface area contributed by atoms with Gasteiger partial charge in [0.2, 0.25) is 5.91 Å². The zero-order chi connectivity index (χ0) is 14.2. The highest BCUT2D eigenvalue weighted by Gasteiger charge is 2.20. The van der Waals surface area contributed by atoms with Crippen molar-refractivity contribution >= 4 is 5.91 Å². The first-order valence-electron chi connectivity index (χ1n) is 8.47. The molecule has 0 aromatic heterocycles. The Balaban J connectivity index is 1.41. The molecule has 0 aromatic carbocycles. The van der Waals surface area contributed by atoms with Gasteiger partial charge in [0, 0.05) is 12.6 Å². The molecule has 116 valence electrons. The lowest BCUT2D eigenvalue weighted by molar-refractivity contribution is -0.120. The summed E-state index contributed by atoms with van der Waals surface area (Å²) in [5.41, 5.74) is 0. The van der Waals surface area contributed by atoms with Gasteiger partial charge in [0.05, 0.1) is 6.54 Å². The molecule has 2 fully saturated rings. The highest BCUT2D eigenvalue weighted by atomic mass is 16.1. The highest BCUT2D eigenvalue weighted by Crippen LogP contribution is 2.27. The Morgan fingerprint density at radius 1 is 1.20 bits per heavy atom. The zero-order valence-corrected chi connectivity index (χ0v) is 13.0. The van der Waals surface area contributed by atoms with Crippen LogP contribution in [0, 0.1) is 5.92 Å². The summed E-state index contributed by atoms with van der Waals surface area (Å²) in [6, 6.07) is 0.755. The van der Waals surface area contributed by atoms with E-state index in [1.165, 1.54) is 51.6 Å². The molecule has 0 radical (unpaired) electrons. The number of amides is 1. The van der Waals surface area contributed by atoms with Crippen molar-refractivity contribution in [3.05, 3.63) is 0 Å². The summed E-state index contributed by atoms with van der Waals surface area (Å²) in [4.78, 5) is 14.2. The summed E-state index contributed by atoms with van der Waals surface area (Å²) >= 11 is 0. The molecule has 0 bridgehead atoms. The van der Waals surface area contributed by atoms with E-state index in [9.17, 15) is 4.79 Å². The second-order valence-electron chi connectivity index (χ2n) is 6.51. The van der Waals surface area contributed by atoms with Crippen molar-refractivity contribution in [3.63, 3.8) is 0 Å². The number of nitrogens with zero attached hydrogens (tertiary/aromatic N) is 1. The first-order chi connectivity index (χ1) is 9.75. The number of likely N-dealkylation sites (tertiary alicyclic amines) is 1. The maximum absolute atomic E-state index is 11.6. The lowest BCUT2D eigenvalue weighted by Gasteiger charge is -2.33. The molecule has 20 heavy (non-hydrogen) atoms. The van der Waals surface area contributed by atoms with Gasteiger partial charge in [-0.15, -0.1) is 0 Å². The van der Waals surface area contributed by atoms with Gasteiger partial charge >= 0.3 is 0 Å². The fraction of sp³-hybridized carbons (Fsp3) is 0.938. The van der Waals surface area contributed by atoms with E-state index in [0.717, 1.165) is 31.5 Å². The van der Waals surface area contributed by atoms with Crippen molar-refractivity contribution in [3.8, 4) is 0 Å². The standard InChI is InChI=1S/C16H31N3O/c1-14-6-2-4-10-19(14)11-5-3-9-18-16(20)13-17-12-15-7-8-15/h14-15,17H,2-13H2,1H3,(H,18,20). The molecule has 1 aliphatic heterocycles. The summed E-state index contributed by atoms with van der Waals surface area (Å²) < 4.78 is 0. The molecule has 0 aromatic rings. The van der Waals surface area contributed by atoms with Crippen molar-refractivity contribution < 1.29 is 4.79 Å². The van der Waals surface area contributed by atoms with Gasteiger partial charge in [0.1, 0.15) is 0 Å². The number of piperidine rings is 1. The minimum Gasteiger partial charge on any atom is -0.355 e. The van der Waals surface area contributed by atoms with E-state index < -0.39 is 0 Å². The Labute approximate surface area is 123 Å². The Hall–Kier alpha value is -0.610. The largest absolute Gasteiger partial charge is 0.355 e. The van der Waals surface area contributed by atoms with Crippen LogP contribution in [0.5, 0.6) is 0 Å². The summed E-state index contributed by atoms with van der Waals surface area (Å²) in [6.45, 7) is 7.12. The molecule has 2 N–H and O–H groups in total. The lowest BCUT2D eigenvalue weighted by Crippen LogP contribution is -2.38. The van der Waals surface area contributed by atoms with Crippen molar-refractivity contribution in [2.45, 2.75) is 57.9 Å². The number of unbranched alkanes of at least 4 members (excludes halogenated alkanes) is 1. The van der Waals surface area contributed by atoms with Gasteiger partial charge in [-0.2, -0.15) is 0 Å². The van der Waals surface area contributed by atoms with E-state index in [2.05, 4.69) is 22.5 Å². The number of hydrogen-bond donors (Lipinski definition) is 2. The molecule has 4 nitrogen and oxygen atoms in total. The number of rotatable bonds is 9. The predicted octanol–water partition coefficient (Wildman–Crippen LogP) is 1.76. The average Bonchev–Trinajstić information content (AvgIpc) is 3.24. The predicted molar refractivity (Wildman–Crippen MR) is 82.7 cm³/mol. The lowest BCUT2D eigenvalue weighted by atomic mass is 10.0. The zero-order valence-electron chi connectivity index (χ0n) is 13.0. The van der Waals surface area contributed by atoms with Crippen LogP contribution in [0.4, 0.5) is 0 Å². The van der Waals surface area contributed by atoms with Crippen LogP contribution in [-0.4, -0.2) is 49.6 Å². The number of hydrogen-bond acceptors (Lipinski definition) is 3. The van der Waals surface area contributed by atoms with Gasteiger partial charge < -0.3 is 15.5 Å². The van der Waals surface area contributed by atoms with E-state index in [0.29, 0.717) is 6.54 Å². The normalized spacial score (nSPS) is 23.8. The van der Waals surface area contributed by atoms with Crippen molar-refractivity contribution in [1.29, 1.82) is 0 Å². The Bertz CT molecular complexity index is 291. The Kier molecular flexibility index (Phi) is 6.80. The summed E-state index contributed by atoms with van der Waals surface area (Å²) in [7, 11) is 0. The smallest absolute Gasteiger partial charge is 0.233 e. The van der Waals surface area contributed by atoms with Crippen LogP contribution in [0.15, 0.2) is 0 Å². The molecule has 1 heterocycles. The highest BCUT2D eigenvalue weighted by molar-refractivity contribution is 5.77. The first-order valence-corrected chi connectivity index (χ1v) is 8.47. The third-order valence-corrected chi connectivity index (χ3v) is 4.55. The van der Waals surface area contributed by atoms with Crippen LogP contribution in [0.25, 0.3) is 0 Å². The minimum atomic E-state index is 0.150. The molecule has 1 atom stereocenters. The monoisotopic (exact) mass is 281 g/mol. The van der Waals surface area contributed by atoms with Crippen LogP contribution < -0.4 is 10.6 Å². The molecule has 1 aliphatic carbocycles. The summed E-state index contributed by atoms with van der Waals surface area (Å²) in [5, 5.41) is 6.23. The second kappa shape index (κ2) is 8.63. The second-order valence-corrected chi connectivity index (χ2v) is 6.51. The number of carbonyl (C=O) groups excluding carboxylic acids is 1. The summed E-state index contributed by atoms with van der Waals surface area (Å²) in [5.74, 6) is 0.992. The molecule has 0 spiro atoms. The third-order valence-electron chi connectivity index (χ3n) is 4.55. The van der Waals surface area contributed by atoms with Gasteiger partial charge in [-0.25, -0.2) is 0 Å². The fourth-order valence-electron chi connectivity index (χ4n) is 2.93. The quantitative estimate of drug-likeness (QED) is 0.633. The molecular formula is C16H31N3O. The molecule has 2 aliphatic rings. The average molecular weight is 281 g/mol. The molecular weight excluding hydrogens is 250 g/mol. The van der Waals surface area contributed by atoms with Crippen LogP contribution in [-0.2, 0) is 4.79 Å².